The Labute approximate surface area is 138 Å². The minimum Gasteiger partial charge on any atom is -0.496 e. The van der Waals surface area contributed by atoms with Crippen LogP contribution in [0, 0.1) is 0 Å². The largest absolute Gasteiger partial charge is 0.496 e. The van der Waals surface area contributed by atoms with Crippen molar-refractivity contribution < 1.29 is 9.53 Å². The average molecular weight is 314 g/mol. The van der Waals surface area contributed by atoms with Gasteiger partial charge in [0.25, 0.3) is 0 Å². The van der Waals surface area contributed by atoms with E-state index in [1.165, 1.54) is 36.0 Å². The van der Waals surface area contributed by atoms with E-state index in [0.29, 0.717) is 0 Å². The van der Waals surface area contributed by atoms with Gasteiger partial charge in [-0.3, -0.25) is 9.69 Å². The first-order chi connectivity index (χ1) is 11.2. The third-order valence-corrected chi connectivity index (χ3v) is 5.96. The lowest BCUT2D eigenvalue weighted by Gasteiger charge is -2.40. The Morgan fingerprint density at radius 2 is 1.96 bits per heavy atom. The number of carbonyl (C=O) groups is 1. The van der Waals surface area contributed by atoms with Gasteiger partial charge in [-0.1, -0.05) is 6.07 Å². The molecule has 2 aliphatic heterocycles. The van der Waals surface area contributed by atoms with Gasteiger partial charge in [0.05, 0.1) is 7.11 Å². The number of nitrogens with zero attached hydrogens (tertiary/aromatic N) is 1. The number of benzene rings is 1. The van der Waals surface area contributed by atoms with E-state index in [0.717, 1.165) is 51.1 Å². The van der Waals surface area contributed by atoms with Crippen molar-refractivity contribution in [3.8, 4) is 5.75 Å². The number of aryl methyl sites for hydroxylation is 2. The Balaban J connectivity index is 1.63. The van der Waals surface area contributed by atoms with Crippen molar-refractivity contribution in [2.75, 3.05) is 20.2 Å². The molecule has 1 aliphatic carbocycles. The maximum atomic E-state index is 12.6. The molecule has 2 heterocycles. The number of carbonyl (C=O) groups excluding carboxylic acids is 1. The van der Waals surface area contributed by atoms with Gasteiger partial charge in [-0.25, -0.2) is 0 Å². The van der Waals surface area contributed by atoms with E-state index in [1.807, 2.05) is 0 Å². The van der Waals surface area contributed by atoms with Gasteiger partial charge in [0.2, 0.25) is 5.91 Å². The van der Waals surface area contributed by atoms with Crippen molar-refractivity contribution in [3.63, 3.8) is 0 Å². The molecule has 1 amide bonds. The van der Waals surface area contributed by atoms with Gasteiger partial charge >= 0.3 is 0 Å². The summed E-state index contributed by atoms with van der Waals surface area (Å²) in [4.78, 5) is 15.0. The standard InChI is InChI=1S/C19H26N2O2/c1-23-17-12-15-6-2-5-14(15)11-16(17)13-21-10-4-8-19(21)7-3-9-20-18(19)22/h11-12H,2-10,13H2,1H3,(H,20,22). The molecular weight excluding hydrogens is 288 g/mol. The predicted molar refractivity (Wildman–Crippen MR) is 89.6 cm³/mol. The van der Waals surface area contributed by atoms with Crippen molar-refractivity contribution in [1.82, 2.24) is 10.2 Å². The number of ether oxygens (including phenoxy) is 1. The first-order valence-electron chi connectivity index (χ1n) is 8.95. The molecule has 4 rings (SSSR count). The summed E-state index contributed by atoms with van der Waals surface area (Å²) >= 11 is 0. The molecule has 3 aliphatic rings. The molecule has 1 aromatic carbocycles. The molecule has 1 spiro atoms. The maximum Gasteiger partial charge on any atom is 0.240 e. The summed E-state index contributed by atoms with van der Waals surface area (Å²) in [5.74, 6) is 1.23. The van der Waals surface area contributed by atoms with Crippen LogP contribution in [0.25, 0.3) is 0 Å². The molecule has 124 valence electrons. The normalized spacial score (nSPS) is 27.3. The Bertz CT molecular complexity index is 628. The smallest absolute Gasteiger partial charge is 0.240 e. The number of hydrogen-bond acceptors (Lipinski definition) is 3. The summed E-state index contributed by atoms with van der Waals surface area (Å²) in [6.45, 7) is 2.66. The number of nitrogens with one attached hydrogen (secondary N) is 1. The van der Waals surface area contributed by atoms with E-state index < -0.39 is 0 Å². The fourth-order valence-electron chi connectivity index (χ4n) is 4.74. The predicted octanol–water partition coefficient (Wildman–Crippen LogP) is 2.43. The molecule has 23 heavy (non-hydrogen) atoms. The Morgan fingerprint density at radius 3 is 2.74 bits per heavy atom. The maximum absolute atomic E-state index is 12.6. The second kappa shape index (κ2) is 5.82. The molecule has 1 unspecified atom stereocenters. The van der Waals surface area contributed by atoms with Gasteiger partial charge in [-0.15, -0.1) is 0 Å². The van der Waals surface area contributed by atoms with E-state index in [1.54, 1.807) is 7.11 Å². The molecule has 1 atom stereocenters. The lowest BCUT2D eigenvalue weighted by atomic mass is 9.86. The lowest BCUT2D eigenvalue weighted by Crippen LogP contribution is -2.58. The summed E-state index contributed by atoms with van der Waals surface area (Å²) in [7, 11) is 1.76. The highest BCUT2D eigenvalue weighted by atomic mass is 16.5. The van der Waals surface area contributed by atoms with Gasteiger partial charge < -0.3 is 10.1 Å². The van der Waals surface area contributed by atoms with Crippen LogP contribution < -0.4 is 10.1 Å². The number of likely N-dealkylation sites (tertiary alicyclic amines) is 1. The topological polar surface area (TPSA) is 41.6 Å². The Kier molecular flexibility index (Phi) is 3.80. The van der Waals surface area contributed by atoms with Crippen LogP contribution in [-0.4, -0.2) is 36.5 Å². The summed E-state index contributed by atoms with van der Waals surface area (Å²) in [6.07, 6.45) is 7.78. The van der Waals surface area contributed by atoms with Crippen molar-refractivity contribution in [2.24, 2.45) is 0 Å². The third kappa shape index (κ3) is 2.44. The van der Waals surface area contributed by atoms with Crippen molar-refractivity contribution in [2.45, 2.75) is 57.0 Å². The Hall–Kier alpha value is -1.55. The SMILES string of the molecule is COc1cc2c(cc1CN1CCCC13CCCNC3=O)CCC2. The number of methoxy groups -OCH3 is 1. The van der Waals surface area contributed by atoms with Crippen molar-refractivity contribution >= 4 is 5.91 Å². The van der Waals surface area contributed by atoms with Gasteiger partial charge in [0.1, 0.15) is 11.3 Å². The third-order valence-electron chi connectivity index (χ3n) is 5.96. The van der Waals surface area contributed by atoms with Crippen LogP contribution >= 0.6 is 0 Å². The van der Waals surface area contributed by atoms with Gasteiger partial charge in [0.15, 0.2) is 0 Å². The van der Waals surface area contributed by atoms with E-state index >= 15 is 0 Å². The van der Waals surface area contributed by atoms with E-state index in [-0.39, 0.29) is 11.4 Å². The minimum atomic E-state index is -0.276. The molecule has 2 saturated heterocycles. The van der Waals surface area contributed by atoms with E-state index in [4.69, 9.17) is 4.74 Å². The summed E-state index contributed by atoms with van der Waals surface area (Å²) in [5, 5.41) is 3.09. The first-order valence-corrected chi connectivity index (χ1v) is 8.95. The van der Waals surface area contributed by atoms with Crippen molar-refractivity contribution in [1.29, 1.82) is 0 Å². The van der Waals surface area contributed by atoms with Crippen LogP contribution in [0.2, 0.25) is 0 Å². The van der Waals surface area contributed by atoms with Crippen LogP contribution in [0.15, 0.2) is 12.1 Å². The van der Waals surface area contributed by atoms with Gasteiger partial charge in [-0.05, 0) is 68.7 Å². The first kappa shape index (κ1) is 15.0. The number of hydrogen-bond donors (Lipinski definition) is 1. The van der Waals surface area contributed by atoms with Crippen LogP contribution in [0.1, 0.15) is 48.8 Å². The summed E-state index contributed by atoms with van der Waals surface area (Å²) in [5.41, 5.74) is 3.88. The monoisotopic (exact) mass is 314 g/mol. The fourth-order valence-corrected chi connectivity index (χ4v) is 4.74. The number of amides is 1. The zero-order chi connectivity index (χ0) is 15.9. The minimum absolute atomic E-state index is 0.237. The Morgan fingerprint density at radius 1 is 1.17 bits per heavy atom. The number of piperidine rings is 1. The van der Waals surface area contributed by atoms with E-state index in [9.17, 15) is 4.79 Å². The second-order valence-corrected chi connectivity index (χ2v) is 7.20. The van der Waals surface area contributed by atoms with Crippen LogP contribution in [0.3, 0.4) is 0 Å². The summed E-state index contributed by atoms with van der Waals surface area (Å²) in [6, 6.07) is 4.55. The highest BCUT2D eigenvalue weighted by Gasteiger charge is 2.48. The van der Waals surface area contributed by atoms with Crippen molar-refractivity contribution in [3.05, 3.63) is 28.8 Å². The molecule has 0 radical (unpaired) electrons. The molecule has 4 heteroatoms. The molecular formula is C19H26N2O2. The zero-order valence-electron chi connectivity index (χ0n) is 14.0. The second-order valence-electron chi connectivity index (χ2n) is 7.20. The highest BCUT2D eigenvalue weighted by Crippen LogP contribution is 2.39. The van der Waals surface area contributed by atoms with Crippen LogP contribution in [0.4, 0.5) is 0 Å². The molecule has 2 fully saturated rings. The zero-order valence-corrected chi connectivity index (χ0v) is 14.0. The summed E-state index contributed by atoms with van der Waals surface area (Å²) < 4.78 is 5.66. The van der Waals surface area contributed by atoms with Gasteiger partial charge in [-0.2, -0.15) is 0 Å². The lowest BCUT2D eigenvalue weighted by molar-refractivity contribution is -0.134. The molecule has 1 aromatic rings. The highest BCUT2D eigenvalue weighted by molar-refractivity contribution is 5.87. The molecule has 0 aromatic heterocycles. The molecule has 0 saturated carbocycles. The quantitative estimate of drug-likeness (QED) is 0.932. The van der Waals surface area contributed by atoms with Crippen LogP contribution in [0.5, 0.6) is 5.75 Å². The molecule has 0 bridgehead atoms. The fraction of sp³-hybridized carbons (Fsp3) is 0.632. The molecule has 1 N–H and O–H groups in total. The molecule has 4 nitrogen and oxygen atoms in total. The number of fused-ring (bicyclic) bond motifs is 1. The van der Waals surface area contributed by atoms with Crippen LogP contribution in [-0.2, 0) is 24.2 Å². The number of rotatable bonds is 3. The van der Waals surface area contributed by atoms with Gasteiger partial charge in [0, 0.05) is 18.7 Å². The van der Waals surface area contributed by atoms with E-state index in [2.05, 4.69) is 22.3 Å². The average Bonchev–Trinajstić information content (AvgIpc) is 3.17.